The summed E-state index contributed by atoms with van der Waals surface area (Å²) < 4.78 is 26.0. The predicted octanol–water partition coefficient (Wildman–Crippen LogP) is 9.27. The van der Waals surface area contributed by atoms with Crippen molar-refractivity contribution in [1.29, 1.82) is 0 Å². The third-order valence-electron chi connectivity index (χ3n) is 15.2. The number of carboxylic acid groups (broad SMARTS) is 2. The molecule has 528 valence electrons. The molecule has 0 aromatic rings. The first-order chi connectivity index (χ1) is 42.9. The van der Waals surface area contributed by atoms with Crippen molar-refractivity contribution in [2.75, 3.05) is 26.4 Å². The van der Waals surface area contributed by atoms with Crippen LogP contribution >= 0.6 is 0 Å². The monoisotopic (exact) mass is 1320 g/mol. The minimum Gasteiger partial charge on any atom is -0.547 e. The van der Waals surface area contributed by atoms with Gasteiger partial charge in [0, 0.05) is 32.1 Å². The number of rotatable bonds is 61. The number of aliphatic hydroxyl groups excluding tert-OH is 3. The molecule has 0 spiro atoms. The number of hydrogen-bond acceptors (Lipinski definition) is 17. The average molecular weight is 1320 g/mol. The maximum Gasteiger partial charge on any atom is 1.00 e. The number of carbonyl (C=O) groups is 7. The van der Waals surface area contributed by atoms with E-state index in [4.69, 9.17) is 34.3 Å². The molecule has 3 unspecified atom stereocenters. The van der Waals surface area contributed by atoms with Crippen molar-refractivity contribution >= 4 is 41.8 Å². The molecule has 0 bridgehead atoms. The van der Waals surface area contributed by atoms with E-state index in [1.54, 1.807) is 0 Å². The van der Waals surface area contributed by atoms with Crippen molar-refractivity contribution in [3.8, 4) is 0 Å². The van der Waals surface area contributed by atoms with E-state index in [1.807, 2.05) is 0 Å². The zero-order valence-electron chi connectivity index (χ0n) is 60.1. The van der Waals surface area contributed by atoms with Crippen molar-refractivity contribution in [3.63, 3.8) is 0 Å². The molecule has 0 amide bonds. The van der Waals surface area contributed by atoms with Gasteiger partial charge in [0.05, 0.1) is 24.6 Å². The Morgan fingerprint density at radius 1 is 0.308 bits per heavy atom. The average Bonchev–Trinajstić information content (AvgIpc) is 3.70. The zero-order chi connectivity index (χ0) is 67.1. The summed E-state index contributed by atoms with van der Waals surface area (Å²) in [6.45, 7) is 13.0. The van der Waals surface area contributed by atoms with Crippen LogP contribution in [0.25, 0.3) is 0 Å². The molecule has 0 heterocycles. The molecule has 3 atom stereocenters. The number of aliphatic carboxylic acids is 2. The number of carbonyl (C=O) groups excluding carboxylic acids is 7. The van der Waals surface area contributed by atoms with Crippen molar-refractivity contribution in [1.82, 2.24) is 0 Å². The van der Waals surface area contributed by atoms with Crippen LogP contribution in [0.2, 0.25) is 0 Å². The summed E-state index contributed by atoms with van der Waals surface area (Å²) >= 11 is 0. The van der Waals surface area contributed by atoms with Crippen molar-refractivity contribution in [2.24, 2.45) is 0 Å². The molecule has 0 aromatic carbocycles. The van der Waals surface area contributed by atoms with Crippen LogP contribution in [0.1, 0.15) is 370 Å². The van der Waals surface area contributed by atoms with Gasteiger partial charge in [-0.3, -0.25) is 24.0 Å². The van der Waals surface area contributed by atoms with Gasteiger partial charge in [0.1, 0.15) is 32.0 Å². The number of aliphatic hydroxyl groups is 3. The normalized spacial score (nSPS) is 11.5. The summed E-state index contributed by atoms with van der Waals surface area (Å²) in [6.07, 6.45) is 51.1. The second-order valence-electron chi connectivity index (χ2n) is 24.3. The molecular weight excluding hydrogens is 1180 g/mol. The first kappa shape index (κ1) is 100. The Morgan fingerprint density at radius 2 is 0.505 bits per heavy atom. The van der Waals surface area contributed by atoms with Crippen LogP contribution in [0.15, 0.2) is 0 Å². The summed E-state index contributed by atoms with van der Waals surface area (Å²) in [5.74, 6) is -4.38. The van der Waals surface area contributed by atoms with Gasteiger partial charge in [-0.25, -0.2) is 0 Å². The van der Waals surface area contributed by atoms with Crippen LogP contribution in [0.4, 0.5) is 0 Å². The van der Waals surface area contributed by atoms with E-state index in [-0.39, 0.29) is 109 Å². The third-order valence-corrected chi connectivity index (χ3v) is 15.2. The largest absolute Gasteiger partial charge is 1.00 e. The van der Waals surface area contributed by atoms with Gasteiger partial charge in [0.15, 0.2) is 6.10 Å². The zero-order valence-corrected chi connectivity index (χ0v) is 64.1. The van der Waals surface area contributed by atoms with E-state index in [9.17, 15) is 43.8 Å². The Labute approximate surface area is 599 Å². The molecule has 0 saturated heterocycles. The molecule has 0 aliphatic rings. The SMILES string of the molecule is CC(O)C(=O)[O-].CCCCCCCCCCCC(=O)OC(C)C(=O)[O-].CCCCCCCCCCCC(=O)OCC(COC(=O)CCCCCCCCCCC)OC(=O)CCCCCCCCCCC.CCCCCCCCCCCC(=O)OCC(O)CO.[Na+].[Na+]. The topological polar surface area (TPSA) is 272 Å². The van der Waals surface area contributed by atoms with E-state index in [1.165, 1.54) is 206 Å². The van der Waals surface area contributed by atoms with Crippen LogP contribution in [-0.2, 0) is 57.2 Å². The van der Waals surface area contributed by atoms with E-state index in [0.29, 0.717) is 32.1 Å². The van der Waals surface area contributed by atoms with Gasteiger partial charge in [-0.05, 0) is 46.0 Å². The van der Waals surface area contributed by atoms with Gasteiger partial charge < -0.3 is 58.8 Å². The summed E-state index contributed by atoms with van der Waals surface area (Å²) in [4.78, 5) is 79.5. The van der Waals surface area contributed by atoms with Gasteiger partial charge in [-0.15, -0.1) is 0 Å². The smallest absolute Gasteiger partial charge is 0.547 e. The van der Waals surface area contributed by atoms with Crippen LogP contribution < -0.4 is 69.3 Å². The second kappa shape index (κ2) is 82.4. The number of unbranched alkanes of at least 4 members (excludes halogenated alkanes) is 40. The minimum atomic E-state index is -1.44. The van der Waals surface area contributed by atoms with Crippen LogP contribution in [0, 0.1) is 0 Å². The minimum absolute atomic E-state index is 0. The van der Waals surface area contributed by atoms with Gasteiger partial charge >= 0.3 is 89.0 Å². The van der Waals surface area contributed by atoms with Gasteiger partial charge in [-0.2, -0.15) is 0 Å². The van der Waals surface area contributed by atoms with E-state index < -0.39 is 42.3 Å². The molecule has 17 nitrogen and oxygen atoms in total. The molecule has 0 saturated carbocycles. The fraction of sp³-hybridized carbons (Fsp3) is 0.903. The molecule has 0 fully saturated rings. The van der Waals surface area contributed by atoms with Crippen molar-refractivity contribution < 1.29 is 142 Å². The fourth-order valence-electron chi connectivity index (χ4n) is 9.40. The summed E-state index contributed by atoms with van der Waals surface area (Å²) in [6, 6.07) is 0. The maximum atomic E-state index is 12.6. The summed E-state index contributed by atoms with van der Waals surface area (Å²) in [5, 5.41) is 45.2. The number of ether oxygens (including phenoxy) is 5. The van der Waals surface area contributed by atoms with E-state index >= 15 is 0 Å². The summed E-state index contributed by atoms with van der Waals surface area (Å²) in [7, 11) is 0. The molecular formula is C72H136Na2O17. The molecule has 0 aliphatic carbocycles. The van der Waals surface area contributed by atoms with E-state index in [2.05, 4.69) is 39.4 Å². The molecule has 0 rings (SSSR count). The number of carboxylic acids is 2. The Hall–Kier alpha value is -1.83. The Balaban J connectivity index is -0.000000322. The predicted molar refractivity (Wildman–Crippen MR) is 352 cm³/mol. The Kier molecular flexibility index (Phi) is 90.7. The fourth-order valence-corrected chi connectivity index (χ4v) is 9.40. The summed E-state index contributed by atoms with van der Waals surface area (Å²) in [5.41, 5.74) is 0. The molecule has 0 aliphatic heterocycles. The third kappa shape index (κ3) is 88.2. The number of esters is 5. The molecule has 0 radical (unpaired) electrons. The Bertz CT molecular complexity index is 1550. The van der Waals surface area contributed by atoms with Gasteiger partial charge in [-0.1, -0.05) is 291 Å². The molecule has 19 heteroatoms. The molecule has 0 aromatic heterocycles. The second-order valence-corrected chi connectivity index (χ2v) is 24.3. The number of hydrogen-bond donors (Lipinski definition) is 3. The Morgan fingerprint density at radius 3 is 0.714 bits per heavy atom. The van der Waals surface area contributed by atoms with E-state index in [0.717, 1.165) is 96.8 Å². The van der Waals surface area contributed by atoms with Crippen LogP contribution in [-0.4, -0.2) is 108 Å². The van der Waals surface area contributed by atoms with Gasteiger partial charge in [0.25, 0.3) is 0 Å². The maximum absolute atomic E-state index is 12.6. The van der Waals surface area contributed by atoms with Crippen LogP contribution in [0.3, 0.4) is 0 Å². The molecule has 91 heavy (non-hydrogen) atoms. The quantitative estimate of drug-likeness (QED) is 0.0221. The first-order valence-electron chi connectivity index (χ1n) is 36.2. The van der Waals surface area contributed by atoms with Crippen molar-refractivity contribution in [3.05, 3.63) is 0 Å². The molecule has 3 N–H and O–H groups in total. The standard InChI is InChI=1S/C39H74O6.C15H28O4.C15H30O4.C3H6O3.2Na/c1-4-7-10-13-16-19-22-25-28-31-37(40)43-34-36(45-39(42)33-30-27-24-21-18-15-12-9-6-3)35-44-38(41)32-29-26-23-20-17-14-11-8-5-2;1-3-4-5-6-7-8-9-10-11-12-14(16)19-13(2)15(17)18;1-2-3-4-5-6-7-8-9-10-11-15(18)19-13-14(17)12-16;1-2(4)3(5)6;;/h36H,4-35H2,1-3H3;13H,3-12H2,1-2H3,(H,17,18);14,16-17H,2-13H2,1H3;2,4H,1H3,(H,5,6);;/q;;;;2*+1/p-2. The van der Waals surface area contributed by atoms with Crippen LogP contribution in [0.5, 0.6) is 0 Å². The first-order valence-corrected chi connectivity index (χ1v) is 36.2. The van der Waals surface area contributed by atoms with Gasteiger partial charge in [0.2, 0.25) is 0 Å². The van der Waals surface area contributed by atoms with Crippen molar-refractivity contribution in [2.45, 2.75) is 394 Å².